The number of halogens is 3. The minimum atomic E-state index is -4.70. The Balaban J connectivity index is 2.89. The minimum absolute atomic E-state index is 0.0256. The van der Waals surface area contributed by atoms with E-state index in [1.165, 1.54) is 18.2 Å². The van der Waals surface area contributed by atoms with E-state index in [0.717, 1.165) is 6.07 Å². The number of alkyl halides is 3. The van der Waals surface area contributed by atoms with Gasteiger partial charge in [0.15, 0.2) is 0 Å². The van der Waals surface area contributed by atoms with Crippen LogP contribution in [-0.2, 0) is 0 Å². The summed E-state index contributed by atoms with van der Waals surface area (Å²) in [6.07, 6.45) is -4.70. The van der Waals surface area contributed by atoms with Gasteiger partial charge in [0.1, 0.15) is 10.7 Å². The highest BCUT2D eigenvalue weighted by atomic mass is 32.1. The molecule has 6 heteroatoms. The summed E-state index contributed by atoms with van der Waals surface area (Å²) in [5, 5.41) is 0. The zero-order valence-corrected chi connectivity index (χ0v) is 7.65. The first-order chi connectivity index (χ1) is 6.38. The van der Waals surface area contributed by atoms with Crippen LogP contribution in [-0.4, -0.2) is 11.4 Å². The van der Waals surface area contributed by atoms with Crippen molar-refractivity contribution in [1.29, 1.82) is 0 Å². The lowest BCUT2D eigenvalue weighted by Crippen LogP contribution is -2.17. The molecular formula is C8H6F3NOS. The monoisotopic (exact) mass is 221 g/mol. The summed E-state index contributed by atoms with van der Waals surface area (Å²) in [5.74, 6) is -0.331. The molecule has 0 saturated heterocycles. The van der Waals surface area contributed by atoms with Gasteiger partial charge < -0.3 is 10.5 Å². The maximum Gasteiger partial charge on any atom is 0.573 e. The van der Waals surface area contributed by atoms with Gasteiger partial charge in [-0.2, -0.15) is 0 Å². The van der Waals surface area contributed by atoms with Crippen LogP contribution in [0.4, 0.5) is 13.2 Å². The van der Waals surface area contributed by atoms with Gasteiger partial charge in [0.2, 0.25) is 0 Å². The Kier molecular flexibility index (Phi) is 2.95. The van der Waals surface area contributed by atoms with Crippen molar-refractivity contribution in [3.8, 4) is 5.75 Å². The first-order valence-corrected chi connectivity index (χ1v) is 3.95. The first kappa shape index (κ1) is 10.8. The molecule has 0 aliphatic heterocycles. The van der Waals surface area contributed by atoms with Crippen molar-refractivity contribution < 1.29 is 17.9 Å². The van der Waals surface area contributed by atoms with Gasteiger partial charge in [-0.3, -0.25) is 0 Å². The van der Waals surface area contributed by atoms with Crippen LogP contribution >= 0.6 is 12.2 Å². The van der Waals surface area contributed by atoms with Gasteiger partial charge in [0.05, 0.1) is 0 Å². The maximum absolute atomic E-state index is 11.8. The molecule has 0 radical (unpaired) electrons. The van der Waals surface area contributed by atoms with Crippen molar-refractivity contribution in [2.24, 2.45) is 5.73 Å². The summed E-state index contributed by atoms with van der Waals surface area (Å²) in [6.45, 7) is 0. The summed E-state index contributed by atoms with van der Waals surface area (Å²) in [5.41, 5.74) is 5.58. The van der Waals surface area contributed by atoms with E-state index in [2.05, 4.69) is 17.0 Å². The fraction of sp³-hybridized carbons (Fsp3) is 0.125. The summed E-state index contributed by atoms with van der Waals surface area (Å²) >= 11 is 4.60. The largest absolute Gasteiger partial charge is 0.573 e. The normalized spacial score (nSPS) is 11.1. The van der Waals surface area contributed by atoms with E-state index in [4.69, 9.17) is 5.73 Å². The molecule has 1 aromatic carbocycles. The molecule has 14 heavy (non-hydrogen) atoms. The van der Waals surface area contributed by atoms with Crippen LogP contribution in [0.3, 0.4) is 0 Å². The van der Waals surface area contributed by atoms with Crippen LogP contribution in [0, 0.1) is 0 Å². The Bertz CT molecular complexity index is 351. The lowest BCUT2D eigenvalue weighted by Gasteiger charge is -2.09. The van der Waals surface area contributed by atoms with Crippen LogP contribution < -0.4 is 10.5 Å². The van der Waals surface area contributed by atoms with Crippen LogP contribution in [0.2, 0.25) is 0 Å². The van der Waals surface area contributed by atoms with Crippen molar-refractivity contribution in [2.45, 2.75) is 6.36 Å². The Morgan fingerprint density at radius 1 is 1.36 bits per heavy atom. The Morgan fingerprint density at radius 2 is 2.00 bits per heavy atom. The van der Waals surface area contributed by atoms with Gasteiger partial charge >= 0.3 is 6.36 Å². The van der Waals surface area contributed by atoms with Gasteiger partial charge in [-0.25, -0.2) is 0 Å². The molecular weight excluding hydrogens is 215 g/mol. The number of benzene rings is 1. The third-order valence-corrected chi connectivity index (χ3v) is 1.59. The highest BCUT2D eigenvalue weighted by Gasteiger charge is 2.31. The molecule has 0 aliphatic rings. The molecule has 0 bridgehead atoms. The average molecular weight is 221 g/mol. The fourth-order valence-corrected chi connectivity index (χ4v) is 0.973. The molecule has 0 spiro atoms. The average Bonchev–Trinajstić information content (AvgIpc) is 2.01. The van der Waals surface area contributed by atoms with Crippen LogP contribution in [0.25, 0.3) is 0 Å². The van der Waals surface area contributed by atoms with Crippen molar-refractivity contribution in [3.05, 3.63) is 29.8 Å². The van der Waals surface area contributed by atoms with E-state index in [9.17, 15) is 13.2 Å². The Labute approximate surface area is 83.5 Å². The maximum atomic E-state index is 11.8. The molecule has 76 valence electrons. The zero-order valence-electron chi connectivity index (χ0n) is 6.84. The van der Waals surface area contributed by atoms with E-state index in [-0.39, 0.29) is 10.7 Å². The first-order valence-electron chi connectivity index (χ1n) is 3.54. The summed E-state index contributed by atoms with van der Waals surface area (Å²) in [6, 6.07) is 5.20. The molecule has 1 rings (SSSR count). The Hall–Kier alpha value is -1.30. The lowest BCUT2D eigenvalue weighted by molar-refractivity contribution is -0.274. The van der Waals surface area contributed by atoms with Gasteiger partial charge in [-0.15, -0.1) is 13.2 Å². The number of hydrogen-bond donors (Lipinski definition) is 1. The molecule has 0 aromatic heterocycles. The van der Waals surface area contributed by atoms with Crippen molar-refractivity contribution in [1.82, 2.24) is 0 Å². The second kappa shape index (κ2) is 3.83. The van der Waals surface area contributed by atoms with Crippen molar-refractivity contribution >= 4 is 17.2 Å². The van der Waals surface area contributed by atoms with E-state index < -0.39 is 6.36 Å². The summed E-state index contributed by atoms with van der Waals surface area (Å²) in [4.78, 5) is 0.0256. The van der Waals surface area contributed by atoms with Crippen molar-refractivity contribution in [2.75, 3.05) is 0 Å². The molecule has 0 unspecified atom stereocenters. The van der Waals surface area contributed by atoms with E-state index in [1.807, 2.05) is 0 Å². The molecule has 2 N–H and O–H groups in total. The molecule has 0 atom stereocenters. The van der Waals surface area contributed by atoms with Crippen LogP contribution in [0.1, 0.15) is 5.56 Å². The molecule has 0 heterocycles. The predicted octanol–water partition coefficient (Wildman–Crippen LogP) is 2.22. The summed E-state index contributed by atoms with van der Waals surface area (Å²) < 4.78 is 39.0. The van der Waals surface area contributed by atoms with Gasteiger partial charge in [-0.1, -0.05) is 24.4 Å². The fourth-order valence-electron chi connectivity index (χ4n) is 0.846. The molecule has 0 aliphatic carbocycles. The second-order valence-electron chi connectivity index (χ2n) is 2.44. The SMILES string of the molecule is NC(=S)c1cccc(OC(F)(F)F)c1. The van der Waals surface area contributed by atoms with Gasteiger partial charge in [-0.05, 0) is 12.1 Å². The third-order valence-electron chi connectivity index (χ3n) is 1.35. The number of thiocarbonyl (C=S) groups is 1. The van der Waals surface area contributed by atoms with E-state index in [1.54, 1.807) is 0 Å². The topological polar surface area (TPSA) is 35.2 Å². The second-order valence-corrected chi connectivity index (χ2v) is 2.88. The van der Waals surface area contributed by atoms with Gasteiger partial charge in [0.25, 0.3) is 0 Å². The standard InChI is InChI=1S/C8H6F3NOS/c9-8(10,11)13-6-3-1-2-5(4-6)7(12)14/h1-4H,(H2,12,14). The number of nitrogens with two attached hydrogens (primary N) is 1. The Morgan fingerprint density at radius 3 is 2.50 bits per heavy atom. The third kappa shape index (κ3) is 3.21. The predicted molar refractivity (Wildman–Crippen MR) is 49.0 cm³/mol. The number of rotatable bonds is 2. The molecule has 1 aromatic rings. The number of hydrogen-bond acceptors (Lipinski definition) is 2. The highest BCUT2D eigenvalue weighted by Crippen LogP contribution is 2.23. The smallest absolute Gasteiger partial charge is 0.406 e. The molecule has 0 saturated carbocycles. The molecule has 0 fully saturated rings. The summed E-state index contributed by atoms with van der Waals surface area (Å²) in [7, 11) is 0. The lowest BCUT2D eigenvalue weighted by atomic mass is 10.2. The zero-order chi connectivity index (χ0) is 10.8. The van der Waals surface area contributed by atoms with Crippen molar-refractivity contribution in [3.63, 3.8) is 0 Å². The van der Waals surface area contributed by atoms with Crippen LogP contribution in [0.5, 0.6) is 5.75 Å². The quantitative estimate of drug-likeness (QED) is 0.778. The van der Waals surface area contributed by atoms with E-state index >= 15 is 0 Å². The van der Waals surface area contributed by atoms with Gasteiger partial charge in [0, 0.05) is 5.56 Å². The minimum Gasteiger partial charge on any atom is -0.406 e. The molecule has 0 amide bonds. The molecule has 2 nitrogen and oxygen atoms in total. The van der Waals surface area contributed by atoms with Crippen LogP contribution in [0.15, 0.2) is 24.3 Å². The number of ether oxygens (including phenoxy) is 1. The highest BCUT2D eigenvalue weighted by molar-refractivity contribution is 7.80. The van der Waals surface area contributed by atoms with E-state index in [0.29, 0.717) is 5.56 Å².